The monoisotopic (exact) mass is 339 g/mol. The van der Waals surface area contributed by atoms with Crippen molar-refractivity contribution < 1.29 is 9.84 Å². The van der Waals surface area contributed by atoms with E-state index in [9.17, 15) is 5.11 Å². The van der Waals surface area contributed by atoms with E-state index in [4.69, 9.17) is 4.74 Å². The van der Waals surface area contributed by atoms with E-state index in [1.165, 1.54) is 22.3 Å². The smallest absolute Gasteiger partial charge is 0.120 e. The topological polar surface area (TPSA) is 32.7 Å². The SMILES string of the molecule is CC/C(=C(\CC)c1ccc(O)c(CN(C)C)c1)c1ccc(OC)cc1. The molecule has 3 nitrogen and oxygen atoms in total. The van der Waals surface area contributed by atoms with Gasteiger partial charge in [0.05, 0.1) is 7.11 Å². The fourth-order valence-electron chi connectivity index (χ4n) is 3.22. The zero-order chi connectivity index (χ0) is 18.4. The highest BCUT2D eigenvalue weighted by molar-refractivity contribution is 5.91. The van der Waals surface area contributed by atoms with Crippen LogP contribution < -0.4 is 4.74 Å². The first-order chi connectivity index (χ1) is 12.0. The van der Waals surface area contributed by atoms with Crippen molar-refractivity contribution in [2.24, 2.45) is 0 Å². The normalized spacial score (nSPS) is 12.2. The van der Waals surface area contributed by atoms with Gasteiger partial charge in [-0.15, -0.1) is 0 Å². The van der Waals surface area contributed by atoms with E-state index in [0.29, 0.717) is 5.75 Å². The Bertz CT molecular complexity index is 730. The molecule has 2 rings (SSSR count). The number of rotatable bonds is 7. The van der Waals surface area contributed by atoms with Crippen LogP contribution in [0.1, 0.15) is 43.4 Å². The summed E-state index contributed by atoms with van der Waals surface area (Å²) in [6.07, 6.45) is 1.90. The molecule has 0 saturated carbocycles. The average Bonchev–Trinajstić information content (AvgIpc) is 2.61. The molecule has 134 valence electrons. The molecule has 0 spiro atoms. The van der Waals surface area contributed by atoms with Crippen molar-refractivity contribution in [2.45, 2.75) is 33.2 Å². The Morgan fingerprint density at radius 3 is 2.00 bits per heavy atom. The third-order valence-corrected chi connectivity index (χ3v) is 4.42. The molecule has 0 radical (unpaired) electrons. The summed E-state index contributed by atoms with van der Waals surface area (Å²) in [5, 5.41) is 10.2. The number of allylic oxidation sites excluding steroid dienone is 2. The van der Waals surface area contributed by atoms with Gasteiger partial charge in [0, 0.05) is 12.1 Å². The highest BCUT2D eigenvalue weighted by Gasteiger charge is 2.12. The zero-order valence-corrected chi connectivity index (χ0v) is 16.0. The first kappa shape index (κ1) is 19.1. The summed E-state index contributed by atoms with van der Waals surface area (Å²) in [6.45, 7) is 5.10. The van der Waals surface area contributed by atoms with Crippen LogP contribution in [0.5, 0.6) is 11.5 Å². The predicted octanol–water partition coefficient (Wildman–Crippen LogP) is 5.19. The number of aromatic hydroxyl groups is 1. The quantitative estimate of drug-likeness (QED) is 0.704. The lowest BCUT2D eigenvalue weighted by Crippen LogP contribution is -2.11. The highest BCUT2D eigenvalue weighted by Crippen LogP contribution is 2.34. The predicted molar refractivity (Wildman–Crippen MR) is 106 cm³/mol. The van der Waals surface area contributed by atoms with E-state index in [0.717, 1.165) is 30.7 Å². The lowest BCUT2D eigenvalue weighted by molar-refractivity contribution is 0.386. The Balaban J connectivity index is 2.51. The first-order valence-electron chi connectivity index (χ1n) is 8.83. The van der Waals surface area contributed by atoms with Gasteiger partial charge in [-0.25, -0.2) is 0 Å². The standard InChI is InChI=1S/C22H29NO2/c1-6-20(16-8-11-19(25-5)12-9-16)21(7-2)17-10-13-22(24)18(14-17)15-23(3)4/h8-14,24H,6-7,15H2,1-5H3/b21-20-. The van der Waals surface area contributed by atoms with E-state index in [2.05, 4.69) is 36.9 Å². The number of hydrogen-bond donors (Lipinski definition) is 1. The van der Waals surface area contributed by atoms with Crippen LogP contribution in [0.4, 0.5) is 0 Å². The maximum atomic E-state index is 10.2. The van der Waals surface area contributed by atoms with Gasteiger partial charge in [-0.1, -0.05) is 32.0 Å². The van der Waals surface area contributed by atoms with Crippen molar-refractivity contribution in [3.05, 3.63) is 59.2 Å². The molecular formula is C22H29NO2. The van der Waals surface area contributed by atoms with Crippen LogP contribution >= 0.6 is 0 Å². The van der Waals surface area contributed by atoms with E-state index >= 15 is 0 Å². The molecule has 0 saturated heterocycles. The molecule has 0 aliphatic rings. The number of hydrogen-bond acceptors (Lipinski definition) is 3. The van der Waals surface area contributed by atoms with Gasteiger partial charge < -0.3 is 14.7 Å². The number of phenolic OH excluding ortho intramolecular Hbond substituents is 1. The summed E-state index contributed by atoms with van der Waals surface area (Å²) in [4.78, 5) is 2.07. The summed E-state index contributed by atoms with van der Waals surface area (Å²) in [7, 11) is 5.71. The largest absolute Gasteiger partial charge is 0.508 e. The van der Waals surface area contributed by atoms with Crippen LogP contribution in [0.25, 0.3) is 11.1 Å². The molecule has 0 aliphatic heterocycles. The van der Waals surface area contributed by atoms with Crippen molar-refractivity contribution in [1.82, 2.24) is 4.90 Å². The molecule has 2 aromatic rings. The molecular weight excluding hydrogens is 310 g/mol. The van der Waals surface area contributed by atoms with Gasteiger partial charge >= 0.3 is 0 Å². The van der Waals surface area contributed by atoms with E-state index in [-0.39, 0.29) is 0 Å². The van der Waals surface area contributed by atoms with Crippen molar-refractivity contribution in [2.75, 3.05) is 21.2 Å². The maximum Gasteiger partial charge on any atom is 0.120 e. The van der Waals surface area contributed by atoms with Gasteiger partial charge in [0.1, 0.15) is 11.5 Å². The van der Waals surface area contributed by atoms with Crippen LogP contribution in [-0.4, -0.2) is 31.2 Å². The Morgan fingerprint density at radius 2 is 1.48 bits per heavy atom. The van der Waals surface area contributed by atoms with Crippen LogP contribution in [0.15, 0.2) is 42.5 Å². The molecule has 2 aromatic carbocycles. The van der Waals surface area contributed by atoms with Crippen LogP contribution in [0, 0.1) is 0 Å². The zero-order valence-electron chi connectivity index (χ0n) is 16.0. The molecule has 0 atom stereocenters. The fourth-order valence-corrected chi connectivity index (χ4v) is 3.22. The summed E-state index contributed by atoms with van der Waals surface area (Å²) in [5.74, 6) is 1.23. The van der Waals surface area contributed by atoms with Crippen LogP contribution in [0.3, 0.4) is 0 Å². The minimum absolute atomic E-state index is 0.357. The summed E-state index contributed by atoms with van der Waals surface area (Å²) < 4.78 is 5.27. The van der Waals surface area contributed by atoms with Gasteiger partial charge in [0.25, 0.3) is 0 Å². The molecule has 0 fully saturated rings. The number of benzene rings is 2. The van der Waals surface area contributed by atoms with Gasteiger partial charge in [-0.05, 0) is 73.5 Å². The number of phenols is 1. The van der Waals surface area contributed by atoms with Gasteiger partial charge in [0.15, 0.2) is 0 Å². The summed E-state index contributed by atoms with van der Waals surface area (Å²) in [6, 6.07) is 14.2. The first-order valence-corrected chi connectivity index (χ1v) is 8.83. The molecule has 0 unspecified atom stereocenters. The fraction of sp³-hybridized carbons (Fsp3) is 0.364. The minimum Gasteiger partial charge on any atom is -0.508 e. The van der Waals surface area contributed by atoms with Gasteiger partial charge in [0.2, 0.25) is 0 Å². The number of nitrogens with zero attached hydrogens (tertiary/aromatic N) is 1. The lowest BCUT2D eigenvalue weighted by Gasteiger charge is -2.17. The Labute approximate surface area is 151 Å². The molecule has 0 aliphatic carbocycles. The van der Waals surface area contributed by atoms with Gasteiger partial charge in [-0.2, -0.15) is 0 Å². The second kappa shape index (κ2) is 8.72. The Kier molecular flexibility index (Phi) is 6.65. The molecule has 0 amide bonds. The van der Waals surface area contributed by atoms with E-state index in [1.807, 2.05) is 38.4 Å². The molecule has 25 heavy (non-hydrogen) atoms. The summed E-state index contributed by atoms with van der Waals surface area (Å²) >= 11 is 0. The summed E-state index contributed by atoms with van der Waals surface area (Å²) in [5.41, 5.74) is 6.03. The second-order valence-corrected chi connectivity index (χ2v) is 6.47. The molecule has 0 bridgehead atoms. The highest BCUT2D eigenvalue weighted by atomic mass is 16.5. The number of methoxy groups -OCH3 is 1. The van der Waals surface area contributed by atoms with Crippen molar-refractivity contribution in [3.8, 4) is 11.5 Å². The van der Waals surface area contributed by atoms with Crippen LogP contribution in [-0.2, 0) is 6.54 Å². The molecule has 0 heterocycles. The average molecular weight is 339 g/mol. The van der Waals surface area contributed by atoms with Crippen molar-refractivity contribution >= 4 is 11.1 Å². The Morgan fingerprint density at radius 1 is 0.920 bits per heavy atom. The van der Waals surface area contributed by atoms with Crippen molar-refractivity contribution in [1.29, 1.82) is 0 Å². The van der Waals surface area contributed by atoms with Crippen LogP contribution in [0.2, 0.25) is 0 Å². The maximum absolute atomic E-state index is 10.2. The Hall–Kier alpha value is -2.26. The van der Waals surface area contributed by atoms with E-state index in [1.54, 1.807) is 7.11 Å². The van der Waals surface area contributed by atoms with E-state index < -0.39 is 0 Å². The third-order valence-electron chi connectivity index (χ3n) is 4.42. The minimum atomic E-state index is 0.357. The van der Waals surface area contributed by atoms with Crippen molar-refractivity contribution in [3.63, 3.8) is 0 Å². The lowest BCUT2D eigenvalue weighted by atomic mass is 9.90. The number of ether oxygens (including phenoxy) is 1. The van der Waals surface area contributed by atoms with Gasteiger partial charge in [-0.3, -0.25) is 0 Å². The molecule has 1 N–H and O–H groups in total. The molecule has 0 aromatic heterocycles. The second-order valence-electron chi connectivity index (χ2n) is 6.47. The molecule has 3 heteroatoms. The third kappa shape index (κ3) is 4.64.